The van der Waals surface area contributed by atoms with Gasteiger partial charge >= 0.3 is 0 Å². The lowest BCUT2D eigenvalue weighted by molar-refractivity contribution is 0.600. The second-order valence-electron chi connectivity index (χ2n) is 3.14. The predicted octanol–water partition coefficient (Wildman–Crippen LogP) is 2.04. The van der Waals surface area contributed by atoms with Crippen molar-refractivity contribution in [1.82, 2.24) is 9.97 Å². The largest absolute Gasteiger partial charge is 0.277 e. The quantitative estimate of drug-likeness (QED) is 0.880. The molecule has 0 unspecified atom stereocenters. The van der Waals surface area contributed by atoms with E-state index in [1.54, 1.807) is 24.4 Å². The smallest absolute Gasteiger partial charge is 0.263 e. The highest BCUT2D eigenvalue weighted by molar-refractivity contribution is 9.10. The Balaban J connectivity index is 2.34. The molecular weight excluding hydrogens is 306 g/mol. The van der Waals surface area contributed by atoms with Crippen molar-refractivity contribution < 1.29 is 8.42 Å². The SMILES string of the molecule is O=S(=O)(Nc1cccnc1Br)c1cccnc1. The number of aromatic nitrogens is 2. The second kappa shape index (κ2) is 4.80. The first-order valence-corrected chi connectivity index (χ1v) is 6.90. The summed E-state index contributed by atoms with van der Waals surface area (Å²) in [7, 11) is -3.62. The maximum absolute atomic E-state index is 12.0. The number of pyridine rings is 2. The normalized spacial score (nSPS) is 11.1. The highest BCUT2D eigenvalue weighted by Crippen LogP contribution is 2.21. The zero-order valence-electron chi connectivity index (χ0n) is 8.54. The van der Waals surface area contributed by atoms with Crippen LogP contribution in [0.15, 0.2) is 52.4 Å². The van der Waals surface area contributed by atoms with E-state index in [1.807, 2.05) is 0 Å². The third-order valence-electron chi connectivity index (χ3n) is 1.95. The summed E-state index contributed by atoms with van der Waals surface area (Å²) >= 11 is 3.17. The molecule has 0 aliphatic heterocycles. The highest BCUT2D eigenvalue weighted by Gasteiger charge is 2.15. The van der Waals surface area contributed by atoms with Gasteiger partial charge in [0.1, 0.15) is 9.50 Å². The summed E-state index contributed by atoms with van der Waals surface area (Å²) in [6.07, 6.45) is 4.36. The van der Waals surface area contributed by atoms with Crippen LogP contribution >= 0.6 is 15.9 Å². The molecule has 2 aromatic heterocycles. The number of hydrogen-bond donors (Lipinski definition) is 1. The molecule has 5 nitrogen and oxygen atoms in total. The standard InChI is InChI=1S/C10H8BrN3O2S/c11-10-9(4-2-6-13-10)14-17(15,16)8-3-1-5-12-7-8/h1-7,14H. The first kappa shape index (κ1) is 12.0. The Labute approximate surface area is 107 Å². The lowest BCUT2D eigenvalue weighted by Gasteiger charge is -2.08. The monoisotopic (exact) mass is 313 g/mol. The number of halogens is 1. The van der Waals surface area contributed by atoms with E-state index in [4.69, 9.17) is 0 Å². The van der Waals surface area contributed by atoms with Gasteiger partial charge in [0.25, 0.3) is 10.0 Å². The molecule has 0 saturated carbocycles. The van der Waals surface area contributed by atoms with Gasteiger partial charge in [-0.2, -0.15) is 0 Å². The molecule has 0 spiro atoms. The average molecular weight is 314 g/mol. The van der Waals surface area contributed by atoms with Crippen LogP contribution in [0, 0.1) is 0 Å². The topological polar surface area (TPSA) is 72.0 Å². The molecule has 2 heterocycles. The van der Waals surface area contributed by atoms with Crippen molar-refractivity contribution in [3.8, 4) is 0 Å². The maximum Gasteiger partial charge on any atom is 0.263 e. The van der Waals surface area contributed by atoms with Gasteiger partial charge in [0.05, 0.1) is 5.69 Å². The van der Waals surface area contributed by atoms with Gasteiger partial charge in [-0.25, -0.2) is 13.4 Å². The Morgan fingerprint density at radius 3 is 2.59 bits per heavy atom. The molecule has 88 valence electrons. The summed E-state index contributed by atoms with van der Waals surface area (Å²) in [5, 5.41) is 0. The molecule has 0 aliphatic carbocycles. The van der Waals surface area contributed by atoms with E-state index in [-0.39, 0.29) is 4.90 Å². The number of sulfonamides is 1. The number of hydrogen-bond acceptors (Lipinski definition) is 4. The van der Waals surface area contributed by atoms with Crippen LogP contribution in [0.25, 0.3) is 0 Å². The van der Waals surface area contributed by atoms with Crippen LogP contribution in [-0.4, -0.2) is 18.4 Å². The molecule has 0 amide bonds. The van der Waals surface area contributed by atoms with Gasteiger partial charge in [-0.15, -0.1) is 0 Å². The summed E-state index contributed by atoms with van der Waals surface area (Å²) in [6, 6.07) is 6.29. The minimum absolute atomic E-state index is 0.107. The first-order valence-electron chi connectivity index (χ1n) is 4.63. The minimum atomic E-state index is -3.62. The van der Waals surface area contributed by atoms with E-state index in [9.17, 15) is 8.42 Å². The lowest BCUT2D eigenvalue weighted by Crippen LogP contribution is -2.13. The van der Waals surface area contributed by atoms with Crippen molar-refractivity contribution in [2.24, 2.45) is 0 Å². The Morgan fingerprint density at radius 2 is 1.94 bits per heavy atom. The van der Waals surface area contributed by atoms with E-state index in [0.717, 1.165) is 0 Å². The van der Waals surface area contributed by atoms with Crippen LogP contribution in [-0.2, 0) is 10.0 Å². The van der Waals surface area contributed by atoms with Crippen molar-refractivity contribution >= 4 is 31.6 Å². The van der Waals surface area contributed by atoms with Gasteiger partial charge in [0, 0.05) is 18.6 Å². The summed E-state index contributed by atoms with van der Waals surface area (Å²) in [4.78, 5) is 7.81. The molecule has 2 rings (SSSR count). The van der Waals surface area contributed by atoms with Crippen molar-refractivity contribution in [3.05, 3.63) is 47.5 Å². The van der Waals surface area contributed by atoms with Crippen LogP contribution in [0.3, 0.4) is 0 Å². The van der Waals surface area contributed by atoms with Crippen molar-refractivity contribution in [2.75, 3.05) is 4.72 Å². The molecule has 0 radical (unpaired) electrons. The fourth-order valence-corrected chi connectivity index (χ4v) is 2.68. The minimum Gasteiger partial charge on any atom is -0.277 e. The molecular formula is C10H8BrN3O2S. The van der Waals surface area contributed by atoms with Gasteiger partial charge < -0.3 is 0 Å². The van der Waals surface area contributed by atoms with E-state index < -0.39 is 10.0 Å². The highest BCUT2D eigenvalue weighted by atomic mass is 79.9. The molecule has 2 aromatic rings. The van der Waals surface area contributed by atoms with Gasteiger partial charge in [0.2, 0.25) is 0 Å². The lowest BCUT2D eigenvalue weighted by atomic mass is 10.4. The van der Waals surface area contributed by atoms with Crippen LogP contribution in [0.5, 0.6) is 0 Å². The zero-order valence-corrected chi connectivity index (χ0v) is 10.9. The van der Waals surface area contributed by atoms with Gasteiger partial charge in [-0.3, -0.25) is 9.71 Å². The van der Waals surface area contributed by atoms with E-state index in [1.165, 1.54) is 18.5 Å². The van der Waals surface area contributed by atoms with Gasteiger partial charge in [0.15, 0.2) is 0 Å². The first-order chi connectivity index (χ1) is 8.09. The van der Waals surface area contributed by atoms with Crippen LogP contribution in [0.4, 0.5) is 5.69 Å². The Morgan fingerprint density at radius 1 is 1.18 bits per heavy atom. The van der Waals surface area contributed by atoms with Crippen molar-refractivity contribution in [3.63, 3.8) is 0 Å². The number of anilines is 1. The fraction of sp³-hybridized carbons (Fsp3) is 0. The van der Waals surface area contributed by atoms with E-state index >= 15 is 0 Å². The van der Waals surface area contributed by atoms with Crippen LogP contribution in [0.1, 0.15) is 0 Å². The Bertz CT molecular complexity index is 616. The maximum atomic E-state index is 12.0. The average Bonchev–Trinajstić information content (AvgIpc) is 2.33. The third-order valence-corrected chi connectivity index (χ3v) is 3.93. The molecule has 0 aliphatic rings. The number of rotatable bonds is 3. The molecule has 0 aromatic carbocycles. The Kier molecular flexibility index (Phi) is 3.39. The van der Waals surface area contributed by atoms with Crippen molar-refractivity contribution in [1.29, 1.82) is 0 Å². The van der Waals surface area contributed by atoms with Crippen molar-refractivity contribution in [2.45, 2.75) is 4.90 Å². The Hall–Kier alpha value is -1.47. The molecule has 7 heteroatoms. The molecule has 0 fully saturated rings. The summed E-state index contributed by atoms with van der Waals surface area (Å²) in [5.41, 5.74) is 0.386. The van der Waals surface area contributed by atoms with Gasteiger partial charge in [-0.1, -0.05) is 0 Å². The molecule has 0 bridgehead atoms. The second-order valence-corrected chi connectivity index (χ2v) is 5.57. The fourth-order valence-electron chi connectivity index (χ4n) is 1.17. The summed E-state index contributed by atoms with van der Waals surface area (Å²) in [6.45, 7) is 0. The number of nitrogens with zero attached hydrogens (tertiary/aromatic N) is 2. The summed E-state index contributed by atoms with van der Waals surface area (Å²) in [5.74, 6) is 0. The van der Waals surface area contributed by atoms with Crippen LogP contribution in [0.2, 0.25) is 0 Å². The molecule has 17 heavy (non-hydrogen) atoms. The molecule has 1 N–H and O–H groups in total. The van der Waals surface area contributed by atoms with E-state index in [0.29, 0.717) is 10.3 Å². The zero-order chi connectivity index (χ0) is 12.3. The van der Waals surface area contributed by atoms with Gasteiger partial charge in [-0.05, 0) is 40.2 Å². The third kappa shape index (κ3) is 2.80. The van der Waals surface area contributed by atoms with Crippen LogP contribution < -0.4 is 4.72 Å². The summed E-state index contributed by atoms with van der Waals surface area (Å²) < 4.78 is 26.8. The predicted molar refractivity (Wildman–Crippen MR) is 67.0 cm³/mol. The molecule has 0 atom stereocenters. The number of nitrogens with one attached hydrogen (secondary N) is 1. The van der Waals surface area contributed by atoms with E-state index in [2.05, 4.69) is 30.6 Å². The molecule has 0 saturated heterocycles.